The Hall–Kier alpha value is -1.26. The number of nitrogens with two attached hydrogens (primary N) is 1. The Morgan fingerprint density at radius 1 is 1.54 bits per heavy atom. The molecule has 0 fully saturated rings. The number of amidine groups is 1. The van der Waals surface area contributed by atoms with Crippen molar-refractivity contribution in [2.24, 2.45) is 16.8 Å². The van der Waals surface area contributed by atoms with Gasteiger partial charge in [0.2, 0.25) is 5.91 Å². The van der Waals surface area contributed by atoms with Crippen LogP contribution in [0.15, 0.2) is 5.16 Å². The highest BCUT2D eigenvalue weighted by molar-refractivity contribution is 5.82. The smallest absolute Gasteiger partial charge is 0.222 e. The van der Waals surface area contributed by atoms with Crippen molar-refractivity contribution < 1.29 is 10.0 Å². The maximum atomic E-state index is 11.2. The number of nitrogens with zero attached hydrogens (tertiary/aromatic N) is 1. The molecule has 76 valence electrons. The van der Waals surface area contributed by atoms with Gasteiger partial charge in [0.05, 0.1) is 0 Å². The molecule has 0 radical (unpaired) electrons. The SMILES string of the molecule is CC(CC(N)=NO)NC(=O)C(C)C. The predicted octanol–water partition coefficient (Wildman–Crippen LogP) is 0.284. The van der Waals surface area contributed by atoms with Gasteiger partial charge in [-0.3, -0.25) is 4.79 Å². The lowest BCUT2D eigenvalue weighted by molar-refractivity contribution is -0.124. The van der Waals surface area contributed by atoms with E-state index in [0.29, 0.717) is 6.42 Å². The van der Waals surface area contributed by atoms with Crippen LogP contribution in [0.5, 0.6) is 0 Å². The molecule has 0 saturated heterocycles. The molecule has 0 heterocycles. The van der Waals surface area contributed by atoms with E-state index in [0.717, 1.165) is 0 Å². The monoisotopic (exact) mass is 187 g/mol. The zero-order chi connectivity index (χ0) is 10.4. The van der Waals surface area contributed by atoms with Gasteiger partial charge in [-0.15, -0.1) is 0 Å². The number of amides is 1. The number of carbonyl (C=O) groups is 1. The standard InChI is InChI=1S/C8H17N3O2/c1-5(2)8(12)10-6(3)4-7(9)11-13/h5-6,13H,4H2,1-3H3,(H2,9,11)(H,10,12). The first-order chi connectivity index (χ1) is 5.97. The summed E-state index contributed by atoms with van der Waals surface area (Å²) in [6, 6.07) is -0.106. The summed E-state index contributed by atoms with van der Waals surface area (Å²) < 4.78 is 0. The average molecular weight is 187 g/mol. The Balaban J connectivity index is 3.88. The first-order valence-corrected chi connectivity index (χ1v) is 4.24. The van der Waals surface area contributed by atoms with Gasteiger partial charge in [0, 0.05) is 18.4 Å². The van der Waals surface area contributed by atoms with E-state index in [1.54, 1.807) is 6.92 Å². The van der Waals surface area contributed by atoms with Gasteiger partial charge in [-0.1, -0.05) is 19.0 Å². The molecule has 0 aliphatic rings. The molecule has 1 atom stereocenters. The van der Waals surface area contributed by atoms with Gasteiger partial charge in [-0.2, -0.15) is 0 Å². The lowest BCUT2D eigenvalue weighted by Gasteiger charge is -2.14. The van der Waals surface area contributed by atoms with Crippen LogP contribution >= 0.6 is 0 Å². The third kappa shape index (κ3) is 5.05. The molecule has 1 amide bonds. The van der Waals surface area contributed by atoms with Gasteiger partial charge in [0.25, 0.3) is 0 Å². The van der Waals surface area contributed by atoms with Gasteiger partial charge in [-0.25, -0.2) is 0 Å². The van der Waals surface area contributed by atoms with E-state index in [2.05, 4.69) is 10.5 Å². The molecule has 0 rings (SSSR count). The molecule has 1 unspecified atom stereocenters. The number of hydrogen-bond donors (Lipinski definition) is 3. The largest absolute Gasteiger partial charge is 0.409 e. The number of oxime groups is 1. The summed E-state index contributed by atoms with van der Waals surface area (Å²) >= 11 is 0. The minimum atomic E-state index is -0.106. The molecule has 5 nitrogen and oxygen atoms in total. The third-order valence-corrected chi connectivity index (χ3v) is 1.56. The van der Waals surface area contributed by atoms with Crippen molar-refractivity contribution in [3.63, 3.8) is 0 Å². The van der Waals surface area contributed by atoms with Crippen LogP contribution in [-0.2, 0) is 4.79 Å². The Bertz CT molecular complexity index is 202. The Labute approximate surface area is 78.0 Å². The van der Waals surface area contributed by atoms with Crippen molar-refractivity contribution in [3.05, 3.63) is 0 Å². The first-order valence-electron chi connectivity index (χ1n) is 4.24. The predicted molar refractivity (Wildman–Crippen MR) is 50.5 cm³/mol. The van der Waals surface area contributed by atoms with E-state index < -0.39 is 0 Å². The topological polar surface area (TPSA) is 87.7 Å². The molecular weight excluding hydrogens is 170 g/mol. The lowest BCUT2D eigenvalue weighted by atomic mass is 10.1. The summed E-state index contributed by atoms with van der Waals surface area (Å²) in [4.78, 5) is 11.2. The summed E-state index contributed by atoms with van der Waals surface area (Å²) in [6.07, 6.45) is 0.356. The average Bonchev–Trinajstić information content (AvgIpc) is 2.03. The van der Waals surface area contributed by atoms with Gasteiger partial charge in [0.1, 0.15) is 5.84 Å². The summed E-state index contributed by atoms with van der Waals surface area (Å²) in [5.41, 5.74) is 5.27. The molecule has 0 bridgehead atoms. The summed E-state index contributed by atoms with van der Waals surface area (Å²) in [6.45, 7) is 5.43. The van der Waals surface area contributed by atoms with Crippen LogP contribution in [-0.4, -0.2) is 23.0 Å². The zero-order valence-corrected chi connectivity index (χ0v) is 8.24. The normalized spacial score (nSPS) is 14.3. The lowest BCUT2D eigenvalue weighted by Crippen LogP contribution is -2.38. The van der Waals surface area contributed by atoms with E-state index in [1.165, 1.54) is 0 Å². The number of rotatable bonds is 4. The summed E-state index contributed by atoms with van der Waals surface area (Å²) in [5.74, 6) is 0.0459. The Morgan fingerprint density at radius 3 is 2.46 bits per heavy atom. The van der Waals surface area contributed by atoms with Crippen molar-refractivity contribution in [1.29, 1.82) is 0 Å². The van der Waals surface area contributed by atoms with E-state index in [4.69, 9.17) is 10.9 Å². The van der Waals surface area contributed by atoms with E-state index in [-0.39, 0.29) is 23.7 Å². The number of nitrogens with one attached hydrogen (secondary N) is 1. The maximum Gasteiger partial charge on any atom is 0.222 e. The van der Waals surface area contributed by atoms with Crippen molar-refractivity contribution in [2.75, 3.05) is 0 Å². The molecule has 13 heavy (non-hydrogen) atoms. The van der Waals surface area contributed by atoms with Crippen molar-refractivity contribution >= 4 is 11.7 Å². The minimum absolute atomic E-state index is 0.0294. The van der Waals surface area contributed by atoms with E-state index in [1.807, 2.05) is 13.8 Å². The molecule has 0 aromatic rings. The maximum absolute atomic E-state index is 11.2. The van der Waals surface area contributed by atoms with Crippen LogP contribution in [0.25, 0.3) is 0 Å². The minimum Gasteiger partial charge on any atom is -0.409 e. The Morgan fingerprint density at radius 2 is 2.08 bits per heavy atom. The molecule has 5 heteroatoms. The molecule has 0 aliphatic heterocycles. The second kappa shape index (κ2) is 5.40. The fourth-order valence-corrected chi connectivity index (χ4v) is 0.815. The highest BCUT2D eigenvalue weighted by atomic mass is 16.4. The quantitative estimate of drug-likeness (QED) is 0.256. The highest BCUT2D eigenvalue weighted by Gasteiger charge is 2.11. The number of hydrogen-bond acceptors (Lipinski definition) is 3. The molecule has 0 aromatic carbocycles. The van der Waals surface area contributed by atoms with Gasteiger partial charge >= 0.3 is 0 Å². The van der Waals surface area contributed by atoms with Crippen LogP contribution in [0.2, 0.25) is 0 Å². The van der Waals surface area contributed by atoms with Crippen LogP contribution in [0.3, 0.4) is 0 Å². The van der Waals surface area contributed by atoms with Crippen molar-refractivity contribution in [3.8, 4) is 0 Å². The highest BCUT2D eigenvalue weighted by Crippen LogP contribution is 1.95. The Kier molecular flexibility index (Phi) is 4.87. The van der Waals surface area contributed by atoms with Crippen LogP contribution in [0, 0.1) is 5.92 Å². The summed E-state index contributed by atoms with van der Waals surface area (Å²) in [7, 11) is 0. The van der Waals surface area contributed by atoms with Crippen molar-refractivity contribution in [1.82, 2.24) is 5.32 Å². The molecule has 0 aromatic heterocycles. The molecule has 0 spiro atoms. The first kappa shape index (κ1) is 11.7. The van der Waals surface area contributed by atoms with E-state index in [9.17, 15) is 4.79 Å². The zero-order valence-electron chi connectivity index (χ0n) is 8.24. The van der Waals surface area contributed by atoms with Crippen molar-refractivity contribution in [2.45, 2.75) is 33.2 Å². The second-order valence-corrected chi connectivity index (χ2v) is 3.36. The van der Waals surface area contributed by atoms with E-state index >= 15 is 0 Å². The molecule has 0 aliphatic carbocycles. The fraction of sp³-hybridized carbons (Fsp3) is 0.750. The fourth-order valence-electron chi connectivity index (χ4n) is 0.815. The van der Waals surface area contributed by atoms with Gasteiger partial charge < -0.3 is 16.3 Å². The van der Waals surface area contributed by atoms with Gasteiger partial charge in [0.15, 0.2) is 0 Å². The molecular formula is C8H17N3O2. The third-order valence-electron chi connectivity index (χ3n) is 1.56. The molecule has 0 saturated carbocycles. The molecule has 4 N–H and O–H groups in total. The van der Waals surface area contributed by atoms with Crippen LogP contribution in [0.4, 0.5) is 0 Å². The summed E-state index contributed by atoms with van der Waals surface area (Å²) in [5, 5.41) is 13.8. The second-order valence-electron chi connectivity index (χ2n) is 3.36. The van der Waals surface area contributed by atoms with Crippen LogP contribution in [0.1, 0.15) is 27.2 Å². The number of carbonyl (C=O) groups excluding carboxylic acids is 1. The van der Waals surface area contributed by atoms with Crippen LogP contribution < -0.4 is 11.1 Å². The van der Waals surface area contributed by atoms with Gasteiger partial charge in [-0.05, 0) is 6.92 Å².